The van der Waals surface area contributed by atoms with Crippen LogP contribution in [0.5, 0.6) is 0 Å². The van der Waals surface area contributed by atoms with E-state index in [-0.39, 0.29) is 0 Å². The summed E-state index contributed by atoms with van der Waals surface area (Å²) in [5, 5.41) is 5.32. The number of thiazole rings is 1. The van der Waals surface area contributed by atoms with Gasteiger partial charge in [-0.1, -0.05) is 0 Å². The lowest BCUT2D eigenvalue weighted by molar-refractivity contribution is 0.950. The second kappa shape index (κ2) is 5.09. The molecule has 90 valence electrons. The molecule has 0 unspecified atom stereocenters. The molecule has 17 heavy (non-hydrogen) atoms. The van der Waals surface area contributed by atoms with Gasteiger partial charge in [-0.25, -0.2) is 15.0 Å². The lowest BCUT2D eigenvalue weighted by atomic mass is 10.3. The topological polar surface area (TPSA) is 76.7 Å². The summed E-state index contributed by atoms with van der Waals surface area (Å²) >= 11 is 1.61. The number of rotatable bonds is 4. The van der Waals surface area contributed by atoms with Crippen molar-refractivity contribution < 1.29 is 0 Å². The number of nitrogens with two attached hydrogens (primary N) is 1. The van der Waals surface area contributed by atoms with Crippen molar-refractivity contribution in [3.05, 3.63) is 28.0 Å². The van der Waals surface area contributed by atoms with E-state index in [0.717, 1.165) is 30.0 Å². The molecule has 0 atom stereocenters. The molecule has 0 aliphatic heterocycles. The molecule has 2 heterocycles. The molecule has 0 aliphatic rings. The number of nitrogen functional groups attached to an aromatic ring is 1. The Bertz CT molecular complexity index is 495. The SMILES string of the molecule is Cc1nc(N)c(C)c(NCCc2cscn2)n1. The van der Waals surface area contributed by atoms with Gasteiger partial charge in [0.2, 0.25) is 0 Å². The third-order valence-electron chi connectivity index (χ3n) is 2.45. The van der Waals surface area contributed by atoms with Gasteiger partial charge in [0.25, 0.3) is 0 Å². The van der Waals surface area contributed by atoms with Crippen LogP contribution in [0.2, 0.25) is 0 Å². The fourth-order valence-electron chi connectivity index (χ4n) is 1.49. The normalized spacial score (nSPS) is 10.5. The number of aryl methyl sites for hydroxylation is 1. The van der Waals surface area contributed by atoms with E-state index in [9.17, 15) is 0 Å². The summed E-state index contributed by atoms with van der Waals surface area (Å²) in [4.78, 5) is 12.7. The number of nitrogens with one attached hydrogen (secondary N) is 1. The first-order valence-electron chi connectivity index (χ1n) is 5.38. The van der Waals surface area contributed by atoms with Crippen molar-refractivity contribution in [2.24, 2.45) is 0 Å². The third kappa shape index (κ3) is 2.91. The smallest absolute Gasteiger partial charge is 0.134 e. The summed E-state index contributed by atoms with van der Waals surface area (Å²) < 4.78 is 0. The average molecular weight is 249 g/mol. The maximum atomic E-state index is 5.79. The van der Waals surface area contributed by atoms with Crippen LogP contribution in [-0.2, 0) is 6.42 Å². The fourth-order valence-corrected chi connectivity index (χ4v) is 2.09. The average Bonchev–Trinajstić information content (AvgIpc) is 2.78. The molecular weight excluding hydrogens is 234 g/mol. The van der Waals surface area contributed by atoms with Crippen molar-refractivity contribution in [3.63, 3.8) is 0 Å². The lowest BCUT2D eigenvalue weighted by Crippen LogP contribution is -2.11. The molecular formula is C11H15N5S. The summed E-state index contributed by atoms with van der Waals surface area (Å²) in [5.74, 6) is 2.03. The Balaban J connectivity index is 1.99. The molecule has 5 nitrogen and oxygen atoms in total. The Morgan fingerprint density at radius 3 is 2.88 bits per heavy atom. The van der Waals surface area contributed by atoms with Crippen LogP contribution in [-0.4, -0.2) is 21.5 Å². The maximum absolute atomic E-state index is 5.79. The maximum Gasteiger partial charge on any atom is 0.134 e. The van der Waals surface area contributed by atoms with Crippen molar-refractivity contribution >= 4 is 23.0 Å². The molecule has 2 aromatic heterocycles. The van der Waals surface area contributed by atoms with Gasteiger partial charge in [-0.15, -0.1) is 11.3 Å². The van der Waals surface area contributed by atoms with Crippen LogP contribution in [0, 0.1) is 13.8 Å². The van der Waals surface area contributed by atoms with Gasteiger partial charge >= 0.3 is 0 Å². The van der Waals surface area contributed by atoms with Crippen LogP contribution < -0.4 is 11.1 Å². The van der Waals surface area contributed by atoms with Crippen molar-refractivity contribution in [3.8, 4) is 0 Å². The van der Waals surface area contributed by atoms with E-state index in [4.69, 9.17) is 5.73 Å². The number of anilines is 2. The van der Waals surface area contributed by atoms with Gasteiger partial charge in [-0.3, -0.25) is 0 Å². The van der Waals surface area contributed by atoms with Gasteiger partial charge in [0.15, 0.2) is 0 Å². The van der Waals surface area contributed by atoms with Gasteiger partial charge in [0, 0.05) is 23.9 Å². The van der Waals surface area contributed by atoms with E-state index < -0.39 is 0 Å². The predicted molar refractivity (Wildman–Crippen MR) is 70.2 cm³/mol. The van der Waals surface area contributed by atoms with Crippen LogP contribution in [0.25, 0.3) is 0 Å². The largest absolute Gasteiger partial charge is 0.383 e. The summed E-state index contributed by atoms with van der Waals surface area (Å²) in [6, 6.07) is 0. The zero-order chi connectivity index (χ0) is 12.3. The van der Waals surface area contributed by atoms with E-state index in [2.05, 4.69) is 20.3 Å². The Morgan fingerprint density at radius 1 is 1.35 bits per heavy atom. The van der Waals surface area contributed by atoms with Crippen molar-refractivity contribution in [1.82, 2.24) is 15.0 Å². The van der Waals surface area contributed by atoms with Crippen LogP contribution in [0.1, 0.15) is 17.1 Å². The van der Waals surface area contributed by atoms with Crippen molar-refractivity contribution in [1.29, 1.82) is 0 Å². The molecule has 0 saturated carbocycles. The van der Waals surface area contributed by atoms with E-state index in [1.807, 2.05) is 24.7 Å². The first-order chi connectivity index (χ1) is 8.16. The van der Waals surface area contributed by atoms with Gasteiger partial charge in [-0.2, -0.15) is 0 Å². The Kier molecular flexibility index (Phi) is 3.53. The zero-order valence-electron chi connectivity index (χ0n) is 9.90. The highest BCUT2D eigenvalue weighted by molar-refractivity contribution is 7.07. The van der Waals surface area contributed by atoms with E-state index in [0.29, 0.717) is 11.6 Å². The minimum Gasteiger partial charge on any atom is -0.383 e. The quantitative estimate of drug-likeness (QED) is 0.863. The molecule has 0 saturated heterocycles. The van der Waals surface area contributed by atoms with Crippen molar-refractivity contribution in [2.45, 2.75) is 20.3 Å². The Morgan fingerprint density at radius 2 is 2.18 bits per heavy atom. The number of nitrogens with zero attached hydrogens (tertiary/aromatic N) is 3. The molecule has 2 rings (SSSR count). The fraction of sp³-hybridized carbons (Fsp3) is 0.364. The number of hydrogen-bond donors (Lipinski definition) is 2. The van der Waals surface area contributed by atoms with Gasteiger partial charge in [0.05, 0.1) is 11.2 Å². The first-order valence-corrected chi connectivity index (χ1v) is 6.32. The highest BCUT2D eigenvalue weighted by Gasteiger charge is 2.05. The van der Waals surface area contributed by atoms with Crippen LogP contribution in [0.3, 0.4) is 0 Å². The second-order valence-corrected chi connectivity index (χ2v) is 4.50. The molecule has 0 aliphatic carbocycles. The molecule has 0 amide bonds. The zero-order valence-corrected chi connectivity index (χ0v) is 10.7. The van der Waals surface area contributed by atoms with Gasteiger partial charge in [0.1, 0.15) is 17.5 Å². The number of hydrogen-bond acceptors (Lipinski definition) is 6. The highest BCUT2D eigenvalue weighted by atomic mass is 32.1. The minimum absolute atomic E-state index is 0.536. The Labute approximate surface area is 104 Å². The van der Waals surface area contributed by atoms with E-state index in [1.165, 1.54) is 0 Å². The van der Waals surface area contributed by atoms with Crippen LogP contribution >= 0.6 is 11.3 Å². The summed E-state index contributed by atoms with van der Waals surface area (Å²) in [5.41, 5.74) is 9.62. The molecule has 2 aromatic rings. The molecule has 0 aromatic carbocycles. The summed E-state index contributed by atoms with van der Waals surface area (Å²) in [6.45, 7) is 4.54. The lowest BCUT2D eigenvalue weighted by Gasteiger charge is -2.10. The standard InChI is InChI=1S/C11H15N5S/c1-7-10(12)15-8(2)16-11(7)13-4-3-9-5-17-6-14-9/h5-6H,3-4H2,1-2H3,(H3,12,13,15,16). The van der Waals surface area contributed by atoms with E-state index in [1.54, 1.807) is 11.3 Å². The van der Waals surface area contributed by atoms with Crippen LogP contribution in [0.15, 0.2) is 10.9 Å². The summed E-state index contributed by atoms with van der Waals surface area (Å²) in [7, 11) is 0. The van der Waals surface area contributed by atoms with E-state index >= 15 is 0 Å². The molecule has 6 heteroatoms. The molecule has 3 N–H and O–H groups in total. The number of aromatic nitrogens is 3. The van der Waals surface area contributed by atoms with Crippen LogP contribution in [0.4, 0.5) is 11.6 Å². The van der Waals surface area contributed by atoms with Gasteiger partial charge in [-0.05, 0) is 13.8 Å². The highest BCUT2D eigenvalue weighted by Crippen LogP contribution is 2.16. The summed E-state index contributed by atoms with van der Waals surface area (Å²) in [6.07, 6.45) is 0.881. The monoisotopic (exact) mass is 249 g/mol. The molecule has 0 radical (unpaired) electrons. The minimum atomic E-state index is 0.536. The Hall–Kier alpha value is -1.69. The predicted octanol–water partition coefficient (Wildman–Crippen LogP) is 1.79. The molecule has 0 spiro atoms. The third-order valence-corrected chi connectivity index (χ3v) is 3.09. The van der Waals surface area contributed by atoms with Gasteiger partial charge < -0.3 is 11.1 Å². The molecule has 0 bridgehead atoms. The first kappa shape index (κ1) is 11.8. The molecule has 0 fully saturated rings. The van der Waals surface area contributed by atoms with Crippen molar-refractivity contribution in [2.75, 3.05) is 17.6 Å². The second-order valence-electron chi connectivity index (χ2n) is 3.79.